The summed E-state index contributed by atoms with van der Waals surface area (Å²) in [6.07, 6.45) is 0.908. The van der Waals surface area contributed by atoms with Gasteiger partial charge in [-0.2, -0.15) is 0 Å². The molecule has 0 bridgehead atoms. The Kier molecular flexibility index (Phi) is 5.25. The molecule has 0 fully saturated rings. The van der Waals surface area contributed by atoms with Gasteiger partial charge in [0.05, 0.1) is 7.11 Å². The Hall–Kier alpha value is -1.27. The highest BCUT2D eigenvalue weighted by molar-refractivity contribution is 7.99. The minimum absolute atomic E-state index is 0.215. The van der Waals surface area contributed by atoms with Crippen LogP contribution in [0.4, 0.5) is 4.39 Å². The quantitative estimate of drug-likeness (QED) is 0.465. The number of ether oxygens (including phenoxy) is 1. The average Bonchev–Trinajstić information content (AvgIpc) is 2.80. The fourth-order valence-corrected chi connectivity index (χ4v) is 2.86. The minimum Gasteiger partial charge on any atom is -0.494 e. The SMILES string of the molecule is COc1ccc(-c2nnc(SCCCCl)n2C)cc1F. The molecule has 0 aliphatic heterocycles. The van der Waals surface area contributed by atoms with Gasteiger partial charge in [-0.05, 0) is 24.6 Å². The summed E-state index contributed by atoms with van der Waals surface area (Å²) in [6, 6.07) is 4.74. The Morgan fingerprint density at radius 3 is 2.85 bits per heavy atom. The first-order chi connectivity index (χ1) is 9.67. The van der Waals surface area contributed by atoms with Crippen molar-refractivity contribution >= 4 is 23.4 Å². The fourth-order valence-electron chi connectivity index (χ4n) is 1.72. The first kappa shape index (κ1) is 15.1. The highest BCUT2D eigenvalue weighted by atomic mass is 35.5. The van der Waals surface area contributed by atoms with E-state index >= 15 is 0 Å². The van der Waals surface area contributed by atoms with Gasteiger partial charge in [0.1, 0.15) is 0 Å². The predicted octanol–water partition coefficient (Wildman–Crippen LogP) is 3.35. The molecule has 0 atom stereocenters. The molecule has 0 unspecified atom stereocenters. The summed E-state index contributed by atoms with van der Waals surface area (Å²) in [5, 5.41) is 9.02. The molecule has 20 heavy (non-hydrogen) atoms. The first-order valence-electron chi connectivity index (χ1n) is 6.09. The molecule has 0 radical (unpaired) electrons. The number of alkyl halides is 1. The van der Waals surface area contributed by atoms with Crippen molar-refractivity contribution in [3.05, 3.63) is 24.0 Å². The molecule has 0 aliphatic carbocycles. The molecule has 2 rings (SSSR count). The van der Waals surface area contributed by atoms with Crippen LogP contribution in [0.2, 0.25) is 0 Å². The van der Waals surface area contributed by atoms with Gasteiger partial charge < -0.3 is 9.30 Å². The molecule has 1 heterocycles. The van der Waals surface area contributed by atoms with Crippen LogP contribution in [0.3, 0.4) is 0 Å². The van der Waals surface area contributed by atoms with E-state index < -0.39 is 5.82 Å². The van der Waals surface area contributed by atoms with Gasteiger partial charge >= 0.3 is 0 Å². The largest absolute Gasteiger partial charge is 0.494 e. The topological polar surface area (TPSA) is 39.9 Å². The number of hydrogen-bond donors (Lipinski definition) is 0. The van der Waals surface area contributed by atoms with E-state index in [0.717, 1.165) is 17.3 Å². The summed E-state index contributed by atoms with van der Waals surface area (Å²) in [7, 11) is 3.30. The van der Waals surface area contributed by atoms with Crippen molar-refractivity contribution in [1.82, 2.24) is 14.8 Å². The zero-order valence-electron chi connectivity index (χ0n) is 11.3. The smallest absolute Gasteiger partial charge is 0.191 e. The molecule has 0 spiro atoms. The van der Waals surface area contributed by atoms with Gasteiger partial charge in [0.15, 0.2) is 22.5 Å². The van der Waals surface area contributed by atoms with Gasteiger partial charge in [-0.1, -0.05) is 11.8 Å². The van der Waals surface area contributed by atoms with E-state index in [-0.39, 0.29) is 5.75 Å². The molecule has 0 N–H and O–H groups in total. The van der Waals surface area contributed by atoms with Crippen LogP contribution in [0.5, 0.6) is 5.75 Å². The van der Waals surface area contributed by atoms with E-state index in [2.05, 4.69) is 10.2 Å². The van der Waals surface area contributed by atoms with Crippen molar-refractivity contribution in [3.8, 4) is 17.1 Å². The van der Waals surface area contributed by atoms with Gasteiger partial charge in [-0.15, -0.1) is 21.8 Å². The summed E-state index contributed by atoms with van der Waals surface area (Å²) >= 11 is 7.23. The Morgan fingerprint density at radius 1 is 1.40 bits per heavy atom. The zero-order valence-corrected chi connectivity index (χ0v) is 12.8. The number of nitrogens with zero attached hydrogens (tertiary/aromatic N) is 3. The third kappa shape index (κ3) is 3.24. The average molecular weight is 316 g/mol. The fraction of sp³-hybridized carbons (Fsp3) is 0.385. The van der Waals surface area contributed by atoms with Gasteiger partial charge in [-0.25, -0.2) is 4.39 Å². The van der Waals surface area contributed by atoms with Crippen LogP contribution in [0, 0.1) is 5.82 Å². The van der Waals surface area contributed by atoms with Gasteiger partial charge in [0.2, 0.25) is 0 Å². The number of halogens is 2. The molecule has 4 nitrogen and oxygen atoms in total. The lowest BCUT2D eigenvalue weighted by atomic mass is 10.2. The highest BCUT2D eigenvalue weighted by Gasteiger charge is 2.13. The minimum atomic E-state index is -0.413. The molecule has 2 aromatic rings. The lowest BCUT2D eigenvalue weighted by molar-refractivity contribution is 0.386. The third-order valence-corrected chi connectivity index (χ3v) is 4.13. The molecule has 1 aromatic carbocycles. The summed E-state index contributed by atoms with van der Waals surface area (Å²) in [5.41, 5.74) is 0.669. The maximum Gasteiger partial charge on any atom is 0.191 e. The van der Waals surface area contributed by atoms with Crippen LogP contribution in [0.1, 0.15) is 6.42 Å². The molecular formula is C13H15ClFN3OS. The standard InChI is InChI=1S/C13H15ClFN3OS/c1-18-12(16-17-13(18)20-7-3-6-14)9-4-5-11(19-2)10(15)8-9/h4-5,8H,3,6-7H2,1-2H3. The van der Waals surface area contributed by atoms with Crippen molar-refractivity contribution in [3.63, 3.8) is 0 Å². The second-order valence-electron chi connectivity index (χ2n) is 4.11. The second-order valence-corrected chi connectivity index (χ2v) is 5.55. The van der Waals surface area contributed by atoms with Crippen molar-refractivity contribution in [2.75, 3.05) is 18.7 Å². The van der Waals surface area contributed by atoms with E-state index in [4.69, 9.17) is 16.3 Å². The van der Waals surface area contributed by atoms with Crippen LogP contribution in [0.15, 0.2) is 23.4 Å². The Morgan fingerprint density at radius 2 is 2.20 bits per heavy atom. The number of aromatic nitrogens is 3. The molecule has 108 valence electrons. The Labute approximate surface area is 126 Å². The molecule has 0 saturated heterocycles. The third-order valence-electron chi connectivity index (χ3n) is 2.75. The molecule has 0 amide bonds. The molecule has 1 aromatic heterocycles. The summed E-state index contributed by atoms with van der Waals surface area (Å²) in [4.78, 5) is 0. The number of rotatable bonds is 6. The van der Waals surface area contributed by atoms with Crippen molar-refractivity contribution in [2.24, 2.45) is 7.05 Å². The van der Waals surface area contributed by atoms with Gasteiger partial charge in [-0.3, -0.25) is 0 Å². The summed E-state index contributed by atoms with van der Waals surface area (Å²) in [5.74, 6) is 1.94. The lowest BCUT2D eigenvalue weighted by Crippen LogP contribution is -1.96. The number of methoxy groups -OCH3 is 1. The van der Waals surface area contributed by atoms with Crippen LogP contribution < -0.4 is 4.74 Å². The lowest BCUT2D eigenvalue weighted by Gasteiger charge is -2.06. The van der Waals surface area contributed by atoms with Crippen molar-refractivity contribution in [1.29, 1.82) is 0 Å². The van der Waals surface area contributed by atoms with Crippen molar-refractivity contribution in [2.45, 2.75) is 11.6 Å². The second kappa shape index (κ2) is 6.95. The maximum absolute atomic E-state index is 13.7. The van der Waals surface area contributed by atoms with Crippen LogP contribution in [0.25, 0.3) is 11.4 Å². The normalized spacial score (nSPS) is 10.8. The molecule has 0 aliphatic rings. The van der Waals surface area contributed by atoms with E-state index in [1.54, 1.807) is 23.9 Å². The summed E-state index contributed by atoms with van der Waals surface area (Å²) in [6.45, 7) is 0. The number of thioether (sulfide) groups is 1. The van der Waals surface area contributed by atoms with Crippen LogP contribution in [-0.2, 0) is 7.05 Å². The van der Waals surface area contributed by atoms with Gasteiger partial charge in [0.25, 0.3) is 0 Å². The molecule has 7 heteroatoms. The maximum atomic E-state index is 13.7. The Bertz CT molecular complexity index is 591. The molecule has 0 saturated carbocycles. The Balaban J connectivity index is 2.23. The number of hydrogen-bond acceptors (Lipinski definition) is 4. The van der Waals surface area contributed by atoms with E-state index in [1.165, 1.54) is 13.2 Å². The van der Waals surface area contributed by atoms with Crippen LogP contribution in [-0.4, -0.2) is 33.5 Å². The van der Waals surface area contributed by atoms with E-state index in [9.17, 15) is 4.39 Å². The molecular weight excluding hydrogens is 301 g/mol. The number of benzene rings is 1. The predicted molar refractivity (Wildman–Crippen MR) is 79.0 cm³/mol. The van der Waals surface area contributed by atoms with Gasteiger partial charge in [0, 0.05) is 24.2 Å². The zero-order chi connectivity index (χ0) is 14.5. The van der Waals surface area contributed by atoms with Crippen molar-refractivity contribution < 1.29 is 9.13 Å². The first-order valence-corrected chi connectivity index (χ1v) is 7.61. The summed E-state index contributed by atoms with van der Waals surface area (Å²) < 4.78 is 20.5. The highest BCUT2D eigenvalue weighted by Crippen LogP contribution is 2.26. The van der Waals surface area contributed by atoms with E-state index in [0.29, 0.717) is 17.3 Å². The van der Waals surface area contributed by atoms with Crippen LogP contribution >= 0.6 is 23.4 Å². The monoisotopic (exact) mass is 315 g/mol. The van der Waals surface area contributed by atoms with E-state index in [1.807, 2.05) is 11.6 Å².